The van der Waals surface area contributed by atoms with E-state index in [4.69, 9.17) is 0 Å². The number of amides is 1. The van der Waals surface area contributed by atoms with E-state index in [1.165, 1.54) is 24.3 Å². The topological polar surface area (TPSA) is 64.6 Å². The standard InChI is InChI=1S/C21H24FN3O2/c22-16-5-1-15(2-6-16)21(27)24-20-18-13-17(25-11-9-23-10-12-25)7-3-14(18)4-8-19(20)26/h1-3,5-7,13,19-20,23,26H,4,8-12H2,(H,24,27)/t19-,20-/m0/s1. The quantitative estimate of drug-likeness (QED) is 0.775. The fourth-order valence-electron chi connectivity index (χ4n) is 3.90. The molecule has 0 spiro atoms. The third kappa shape index (κ3) is 3.82. The molecule has 0 radical (unpaired) electrons. The van der Waals surface area contributed by atoms with Crippen molar-refractivity contribution in [2.75, 3.05) is 31.1 Å². The molecule has 0 saturated carbocycles. The van der Waals surface area contributed by atoms with Crippen LogP contribution in [0, 0.1) is 5.82 Å². The molecule has 6 heteroatoms. The number of aliphatic hydroxyl groups is 1. The largest absolute Gasteiger partial charge is 0.391 e. The summed E-state index contributed by atoms with van der Waals surface area (Å²) in [6.07, 6.45) is 0.760. The first-order chi connectivity index (χ1) is 13.1. The molecule has 1 aliphatic carbocycles. The van der Waals surface area contributed by atoms with Crippen LogP contribution in [0.25, 0.3) is 0 Å². The summed E-state index contributed by atoms with van der Waals surface area (Å²) in [6.45, 7) is 3.77. The Morgan fingerprint density at radius 1 is 1.15 bits per heavy atom. The number of nitrogens with zero attached hydrogens (tertiary/aromatic N) is 1. The van der Waals surface area contributed by atoms with E-state index in [1.807, 2.05) is 0 Å². The lowest BCUT2D eigenvalue weighted by molar-refractivity contribution is 0.0791. The fraction of sp³-hybridized carbons (Fsp3) is 0.381. The maximum Gasteiger partial charge on any atom is 0.251 e. The van der Waals surface area contributed by atoms with Gasteiger partial charge in [0.05, 0.1) is 12.1 Å². The van der Waals surface area contributed by atoms with E-state index < -0.39 is 12.1 Å². The van der Waals surface area contributed by atoms with Crippen molar-refractivity contribution in [1.29, 1.82) is 0 Å². The van der Waals surface area contributed by atoms with Gasteiger partial charge in [-0.15, -0.1) is 0 Å². The molecule has 0 unspecified atom stereocenters. The SMILES string of the molecule is O=C(N[C@H]1c2cc(N3CCNCC3)ccc2CC[C@@H]1O)c1ccc(F)cc1. The van der Waals surface area contributed by atoms with Crippen LogP contribution >= 0.6 is 0 Å². The van der Waals surface area contributed by atoms with Gasteiger partial charge in [-0.1, -0.05) is 6.07 Å². The number of halogens is 1. The van der Waals surface area contributed by atoms with Crippen LogP contribution in [0.5, 0.6) is 0 Å². The Morgan fingerprint density at radius 2 is 1.89 bits per heavy atom. The minimum Gasteiger partial charge on any atom is -0.391 e. The average molecular weight is 369 g/mol. The summed E-state index contributed by atoms with van der Waals surface area (Å²) in [7, 11) is 0. The molecule has 1 amide bonds. The second-order valence-corrected chi connectivity index (χ2v) is 7.18. The predicted molar refractivity (Wildman–Crippen MR) is 102 cm³/mol. The molecule has 27 heavy (non-hydrogen) atoms. The van der Waals surface area contributed by atoms with Crippen molar-refractivity contribution < 1.29 is 14.3 Å². The molecule has 0 aromatic heterocycles. The van der Waals surface area contributed by atoms with Crippen LogP contribution in [0.2, 0.25) is 0 Å². The number of rotatable bonds is 3. The molecule has 2 atom stereocenters. The zero-order valence-electron chi connectivity index (χ0n) is 15.1. The second-order valence-electron chi connectivity index (χ2n) is 7.18. The maximum atomic E-state index is 13.1. The van der Waals surface area contributed by atoms with Crippen LogP contribution in [0.3, 0.4) is 0 Å². The van der Waals surface area contributed by atoms with Gasteiger partial charge >= 0.3 is 0 Å². The number of hydrogen-bond acceptors (Lipinski definition) is 4. The van der Waals surface area contributed by atoms with Crippen LogP contribution in [0.4, 0.5) is 10.1 Å². The van der Waals surface area contributed by atoms with E-state index in [9.17, 15) is 14.3 Å². The van der Waals surface area contributed by atoms with Crippen LogP contribution in [-0.4, -0.2) is 43.3 Å². The molecule has 5 nitrogen and oxygen atoms in total. The fourth-order valence-corrected chi connectivity index (χ4v) is 3.90. The summed E-state index contributed by atoms with van der Waals surface area (Å²) in [6, 6.07) is 11.3. The maximum absolute atomic E-state index is 13.1. The summed E-state index contributed by atoms with van der Waals surface area (Å²) in [5, 5.41) is 16.9. The molecule has 142 valence electrons. The summed E-state index contributed by atoms with van der Waals surface area (Å²) in [5.41, 5.74) is 3.63. The van der Waals surface area contributed by atoms with Gasteiger partial charge < -0.3 is 20.6 Å². The monoisotopic (exact) mass is 369 g/mol. The number of nitrogens with one attached hydrogen (secondary N) is 2. The minimum absolute atomic E-state index is 0.306. The van der Waals surface area contributed by atoms with Crippen molar-refractivity contribution in [1.82, 2.24) is 10.6 Å². The van der Waals surface area contributed by atoms with Crippen molar-refractivity contribution in [2.24, 2.45) is 0 Å². The Balaban J connectivity index is 1.59. The van der Waals surface area contributed by atoms with Crippen molar-refractivity contribution in [2.45, 2.75) is 25.0 Å². The highest BCUT2D eigenvalue weighted by Gasteiger charge is 2.30. The number of benzene rings is 2. The first kappa shape index (κ1) is 17.9. The number of piperazine rings is 1. The number of aryl methyl sites for hydroxylation is 1. The zero-order chi connectivity index (χ0) is 18.8. The lowest BCUT2D eigenvalue weighted by Crippen LogP contribution is -2.44. The van der Waals surface area contributed by atoms with E-state index in [2.05, 4.69) is 33.7 Å². The highest BCUT2D eigenvalue weighted by Crippen LogP contribution is 2.33. The Bertz CT molecular complexity index is 819. The first-order valence-electron chi connectivity index (χ1n) is 9.45. The number of aliphatic hydroxyl groups excluding tert-OH is 1. The molecular weight excluding hydrogens is 345 g/mol. The van der Waals surface area contributed by atoms with E-state index in [0.29, 0.717) is 12.0 Å². The van der Waals surface area contributed by atoms with Crippen LogP contribution < -0.4 is 15.5 Å². The Hall–Kier alpha value is -2.44. The highest BCUT2D eigenvalue weighted by molar-refractivity contribution is 5.94. The third-order valence-electron chi connectivity index (χ3n) is 5.43. The summed E-state index contributed by atoms with van der Waals surface area (Å²) in [4.78, 5) is 14.9. The first-order valence-corrected chi connectivity index (χ1v) is 9.45. The summed E-state index contributed by atoms with van der Waals surface area (Å²) in [5.74, 6) is -0.685. The Kier molecular flexibility index (Phi) is 5.09. The third-order valence-corrected chi connectivity index (χ3v) is 5.43. The second kappa shape index (κ2) is 7.66. The van der Waals surface area contributed by atoms with Crippen molar-refractivity contribution in [3.8, 4) is 0 Å². The molecule has 1 aliphatic heterocycles. The van der Waals surface area contributed by atoms with Gasteiger partial charge in [-0.05, 0) is 60.4 Å². The Labute approximate surface area is 158 Å². The number of carbonyl (C=O) groups is 1. The zero-order valence-corrected chi connectivity index (χ0v) is 15.1. The molecule has 1 fully saturated rings. The normalized spacial score (nSPS) is 22.2. The van der Waals surface area contributed by atoms with Gasteiger partial charge in [-0.2, -0.15) is 0 Å². The van der Waals surface area contributed by atoms with Gasteiger partial charge in [-0.3, -0.25) is 4.79 Å². The molecule has 2 aromatic rings. The van der Waals surface area contributed by atoms with Crippen molar-refractivity contribution >= 4 is 11.6 Å². The lowest BCUT2D eigenvalue weighted by atomic mass is 9.85. The van der Waals surface area contributed by atoms with Gasteiger partial charge in [0.15, 0.2) is 0 Å². The van der Waals surface area contributed by atoms with Crippen molar-refractivity contribution in [3.63, 3.8) is 0 Å². The van der Waals surface area contributed by atoms with E-state index in [0.717, 1.165) is 49.4 Å². The van der Waals surface area contributed by atoms with E-state index in [1.54, 1.807) is 0 Å². The molecule has 0 bridgehead atoms. The molecule has 1 saturated heterocycles. The smallest absolute Gasteiger partial charge is 0.251 e. The van der Waals surface area contributed by atoms with Crippen molar-refractivity contribution in [3.05, 3.63) is 65.0 Å². The molecule has 2 aliphatic rings. The van der Waals surface area contributed by atoms with E-state index >= 15 is 0 Å². The lowest BCUT2D eigenvalue weighted by Gasteiger charge is -2.34. The molecular formula is C21H24FN3O2. The molecule has 4 rings (SSSR count). The van der Waals surface area contributed by atoms with Gasteiger partial charge in [0.1, 0.15) is 5.82 Å². The highest BCUT2D eigenvalue weighted by atomic mass is 19.1. The summed E-state index contributed by atoms with van der Waals surface area (Å²) < 4.78 is 13.1. The number of carbonyl (C=O) groups excluding carboxylic acids is 1. The predicted octanol–water partition coefficient (Wildman–Crippen LogP) is 2.01. The summed E-state index contributed by atoms with van der Waals surface area (Å²) >= 11 is 0. The van der Waals surface area contributed by atoms with Gasteiger partial charge in [0, 0.05) is 37.4 Å². The van der Waals surface area contributed by atoms with Gasteiger partial charge in [0.25, 0.3) is 5.91 Å². The van der Waals surface area contributed by atoms with Gasteiger partial charge in [0.2, 0.25) is 0 Å². The molecule has 3 N–H and O–H groups in total. The van der Waals surface area contributed by atoms with Crippen LogP contribution in [0.1, 0.15) is 33.9 Å². The number of hydrogen-bond donors (Lipinski definition) is 3. The van der Waals surface area contributed by atoms with E-state index in [-0.39, 0.29) is 11.7 Å². The van der Waals surface area contributed by atoms with Gasteiger partial charge in [-0.25, -0.2) is 4.39 Å². The number of anilines is 1. The minimum atomic E-state index is -0.639. The van der Waals surface area contributed by atoms with Crippen LogP contribution in [0.15, 0.2) is 42.5 Å². The number of fused-ring (bicyclic) bond motifs is 1. The molecule has 1 heterocycles. The molecule has 2 aromatic carbocycles. The Morgan fingerprint density at radius 3 is 2.63 bits per heavy atom. The average Bonchev–Trinajstić information content (AvgIpc) is 2.71. The van der Waals surface area contributed by atoms with Crippen LogP contribution in [-0.2, 0) is 6.42 Å².